The summed E-state index contributed by atoms with van der Waals surface area (Å²) >= 11 is 9.62. The molecule has 0 saturated carbocycles. The second kappa shape index (κ2) is 9.87. The maximum absolute atomic E-state index is 11.1. The van der Waals surface area contributed by atoms with Gasteiger partial charge in [0, 0.05) is 16.7 Å². The highest BCUT2D eigenvalue weighted by molar-refractivity contribution is 9.10. The first-order chi connectivity index (χ1) is 14.4. The van der Waals surface area contributed by atoms with Gasteiger partial charge < -0.3 is 19.9 Å². The number of carboxylic acids is 1. The van der Waals surface area contributed by atoms with Crippen molar-refractivity contribution in [2.75, 3.05) is 12.4 Å². The molecule has 5 nitrogen and oxygen atoms in total. The second-order valence-electron chi connectivity index (χ2n) is 6.73. The first kappa shape index (κ1) is 22.0. The normalized spacial score (nSPS) is 10.5. The number of carboxylic acid groups (broad SMARTS) is 1. The predicted octanol–water partition coefficient (Wildman–Crippen LogP) is 6.31. The number of hydrogen-bond acceptors (Lipinski definition) is 4. The van der Waals surface area contributed by atoms with Gasteiger partial charge in [0.05, 0.1) is 17.7 Å². The zero-order valence-electron chi connectivity index (χ0n) is 16.5. The Morgan fingerprint density at radius 1 is 1.13 bits per heavy atom. The van der Waals surface area contributed by atoms with E-state index in [1.165, 1.54) is 11.6 Å². The number of hydrogen-bond donors (Lipinski definition) is 2. The molecular weight excluding hydrogens is 470 g/mol. The van der Waals surface area contributed by atoms with Gasteiger partial charge in [0.25, 0.3) is 0 Å². The van der Waals surface area contributed by atoms with E-state index in [-0.39, 0.29) is 10.6 Å². The lowest BCUT2D eigenvalue weighted by atomic mass is 10.1. The van der Waals surface area contributed by atoms with Gasteiger partial charge in [-0.3, -0.25) is 0 Å². The summed E-state index contributed by atoms with van der Waals surface area (Å²) in [7, 11) is 1.60. The number of aryl methyl sites for hydroxylation is 1. The Morgan fingerprint density at radius 3 is 2.60 bits per heavy atom. The molecule has 0 atom stereocenters. The van der Waals surface area contributed by atoms with Crippen molar-refractivity contribution in [2.45, 2.75) is 20.1 Å². The van der Waals surface area contributed by atoms with E-state index in [0.717, 1.165) is 21.3 Å². The third-order valence-electron chi connectivity index (χ3n) is 4.49. The van der Waals surface area contributed by atoms with E-state index in [1.807, 2.05) is 37.3 Å². The summed E-state index contributed by atoms with van der Waals surface area (Å²) < 4.78 is 12.3. The van der Waals surface area contributed by atoms with Crippen molar-refractivity contribution in [3.8, 4) is 11.5 Å². The first-order valence-electron chi connectivity index (χ1n) is 9.19. The van der Waals surface area contributed by atoms with Gasteiger partial charge >= 0.3 is 5.97 Å². The van der Waals surface area contributed by atoms with Crippen LogP contribution in [0, 0.1) is 6.92 Å². The average molecular weight is 491 g/mol. The molecule has 0 bridgehead atoms. The summed E-state index contributed by atoms with van der Waals surface area (Å²) in [6.07, 6.45) is 0. The van der Waals surface area contributed by atoms with Gasteiger partial charge in [-0.05, 0) is 48.4 Å². The van der Waals surface area contributed by atoms with Crippen LogP contribution in [0.15, 0.2) is 59.1 Å². The number of methoxy groups -OCH3 is 1. The molecule has 0 saturated heterocycles. The Hall–Kier alpha value is -2.70. The topological polar surface area (TPSA) is 67.8 Å². The lowest BCUT2D eigenvalue weighted by molar-refractivity contribution is 0.0697. The van der Waals surface area contributed by atoms with Gasteiger partial charge in [-0.15, -0.1) is 0 Å². The summed E-state index contributed by atoms with van der Waals surface area (Å²) in [5.41, 5.74) is 4.01. The number of anilines is 1. The fourth-order valence-electron chi connectivity index (χ4n) is 2.94. The third-order valence-corrected chi connectivity index (χ3v) is 5.54. The number of rotatable bonds is 8. The van der Waals surface area contributed by atoms with Crippen molar-refractivity contribution < 1.29 is 19.4 Å². The molecule has 0 amide bonds. The highest BCUT2D eigenvalue weighted by Crippen LogP contribution is 2.34. The van der Waals surface area contributed by atoms with E-state index in [4.69, 9.17) is 26.2 Å². The van der Waals surface area contributed by atoms with Crippen molar-refractivity contribution >= 4 is 39.2 Å². The minimum Gasteiger partial charge on any atom is -0.493 e. The predicted molar refractivity (Wildman–Crippen MR) is 122 cm³/mol. The van der Waals surface area contributed by atoms with E-state index >= 15 is 0 Å². The molecule has 0 unspecified atom stereocenters. The molecule has 0 aliphatic heterocycles. The lowest BCUT2D eigenvalue weighted by Crippen LogP contribution is -2.04. The molecule has 0 aliphatic carbocycles. The molecule has 0 aromatic heterocycles. The van der Waals surface area contributed by atoms with Crippen LogP contribution in [0.5, 0.6) is 11.5 Å². The molecule has 3 aromatic rings. The number of halogens is 2. The van der Waals surface area contributed by atoms with Gasteiger partial charge in [0.15, 0.2) is 11.5 Å². The molecule has 2 N–H and O–H groups in total. The quantitative estimate of drug-likeness (QED) is 0.387. The summed E-state index contributed by atoms with van der Waals surface area (Å²) in [6, 6.07) is 16.7. The third kappa shape index (κ3) is 5.46. The van der Waals surface area contributed by atoms with Crippen LogP contribution in [0.2, 0.25) is 5.02 Å². The van der Waals surface area contributed by atoms with Gasteiger partial charge in [-0.25, -0.2) is 4.79 Å². The molecule has 3 rings (SSSR count). The summed E-state index contributed by atoms with van der Waals surface area (Å²) in [6.45, 7) is 2.97. The molecule has 0 radical (unpaired) electrons. The van der Waals surface area contributed by atoms with Crippen LogP contribution < -0.4 is 14.8 Å². The average Bonchev–Trinajstić information content (AvgIpc) is 2.71. The maximum Gasteiger partial charge on any atom is 0.337 e. The van der Waals surface area contributed by atoms with Crippen molar-refractivity contribution in [3.63, 3.8) is 0 Å². The smallest absolute Gasteiger partial charge is 0.337 e. The van der Waals surface area contributed by atoms with Crippen LogP contribution in [0.1, 0.15) is 27.0 Å². The molecule has 7 heteroatoms. The van der Waals surface area contributed by atoms with Crippen LogP contribution >= 0.6 is 27.5 Å². The number of benzene rings is 3. The fourth-order valence-corrected chi connectivity index (χ4v) is 3.67. The molecular formula is C23H21BrClNO4. The van der Waals surface area contributed by atoms with Crippen LogP contribution in [0.4, 0.5) is 5.69 Å². The molecule has 0 fully saturated rings. The zero-order valence-corrected chi connectivity index (χ0v) is 18.9. The van der Waals surface area contributed by atoms with E-state index in [2.05, 4.69) is 27.3 Å². The van der Waals surface area contributed by atoms with E-state index in [0.29, 0.717) is 24.7 Å². The second-order valence-corrected chi connectivity index (χ2v) is 7.99. The highest BCUT2D eigenvalue weighted by atomic mass is 79.9. The fraction of sp³-hybridized carbons (Fsp3) is 0.174. The zero-order chi connectivity index (χ0) is 21.7. The molecule has 30 heavy (non-hydrogen) atoms. The highest BCUT2D eigenvalue weighted by Gasteiger charge is 2.12. The number of ether oxygens (including phenoxy) is 2. The Balaban J connectivity index is 1.72. The minimum absolute atomic E-state index is 0.0696. The van der Waals surface area contributed by atoms with Gasteiger partial charge in [0.2, 0.25) is 0 Å². The van der Waals surface area contributed by atoms with Gasteiger partial charge in [-0.1, -0.05) is 57.4 Å². The summed E-state index contributed by atoms with van der Waals surface area (Å²) in [4.78, 5) is 11.1. The lowest BCUT2D eigenvalue weighted by Gasteiger charge is -2.15. The Bertz CT molecular complexity index is 1070. The van der Waals surface area contributed by atoms with Crippen molar-refractivity contribution in [1.82, 2.24) is 0 Å². The van der Waals surface area contributed by atoms with E-state index < -0.39 is 5.97 Å². The minimum atomic E-state index is -1.06. The number of aromatic carboxylic acids is 1. The van der Waals surface area contributed by atoms with Crippen molar-refractivity contribution in [2.24, 2.45) is 0 Å². The molecule has 0 heterocycles. The van der Waals surface area contributed by atoms with Crippen molar-refractivity contribution in [1.29, 1.82) is 0 Å². The largest absolute Gasteiger partial charge is 0.493 e. The van der Waals surface area contributed by atoms with E-state index in [1.54, 1.807) is 19.2 Å². The number of carbonyl (C=O) groups is 1. The molecule has 0 spiro atoms. The van der Waals surface area contributed by atoms with Crippen LogP contribution in [-0.2, 0) is 13.2 Å². The summed E-state index contributed by atoms with van der Waals surface area (Å²) in [5.74, 6) is 0.214. The Labute approximate surface area is 188 Å². The first-order valence-corrected chi connectivity index (χ1v) is 10.4. The SMILES string of the molecule is COc1cc(CNc2ccc(C(=O)O)c(Cl)c2)c(Br)cc1OCc1cccc(C)c1. The van der Waals surface area contributed by atoms with Crippen LogP contribution in [0.25, 0.3) is 0 Å². The van der Waals surface area contributed by atoms with Crippen LogP contribution in [-0.4, -0.2) is 18.2 Å². The Kier molecular flexibility index (Phi) is 7.24. The maximum atomic E-state index is 11.1. The molecule has 0 aliphatic rings. The monoisotopic (exact) mass is 489 g/mol. The van der Waals surface area contributed by atoms with E-state index in [9.17, 15) is 4.79 Å². The molecule has 3 aromatic carbocycles. The standard InChI is InChI=1S/C23H21BrClNO4/c1-14-4-3-5-15(8-14)13-30-22-11-19(24)16(9-21(22)29-2)12-26-17-6-7-18(23(27)28)20(25)10-17/h3-11,26H,12-13H2,1-2H3,(H,27,28). The Morgan fingerprint density at radius 2 is 1.93 bits per heavy atom. The van der Waals surface area contributed by atoms with Crippen molar-refractivity contribution in [3.05, 3.63) is 86.3 Å². The summed E-state index contributed by atoms with van der Waals surface area (Å²) in [5, 5.41) is 12.5. The molecule has 156 valence electrons. The van der Waals surface area contributed by atoms with Gasteiger partial charge in [-0.2, -0.15) is 0 Å². The number of nitrogens with one attached hydrogen (secondary N) is 1. The van der Waals surface area contributed by atoms with Crippen LogP contribution in [0.3, 0.4) is 0 Å². The van der Waals surface area contributed by atoms with Gasteiger partial charge in [0.1, 0.15) is 6.61 Å².